The van der Waals surface area contributed by atoms with E-state index in [0.29, 0.717) is 17.6 Å². The lowest BCUT2D eigenvalue weighted by molar-refractivity contribution is 0.143. The monoisotopic (exact) mass is 484 g/mol. The molecule has 6 rings (SSSR count). The van der Waals surface area contributed by atoms with E-state index in [2.05, 4.69) is 28.4 Å². The number of aliphatic hydroxyl groups excluding tert-OH is 1. The normalized spacial score (nSPS) is 27.5. The van der Waals surface area contributed by atoms with Crippen molar-refractivity contribution < 1.29 is 9.32 Å². The zero-order valence-corrected chi connectivity index (χ0v) is 20.2. The second-order valence-corrected chi connectivity index (χ2v) is 11.8. The molecule has 0 spiro atoms. The fourth-order valence-corrected chi connectivity index (χ4v) is 7.22. The van der Waals surface area contributed by atoms with E-state index in [1.165, 1.54) is 11.1 Å². The van der Waals surface area contributed by atoms with Gasteiger partial charge in [0.25, 0.3) is 0 Å². The highest BCUT2D eigenvalue weighted by Crippen LogP contribution is 2.43. The summed E-state index contributed by atoms with van der Waals surface area (Å²) >= 11 is 6.09. The van der Waals surface area contributed by atoms with Crippen LogP contribution in [0.1, 0.15) is 56.2 Å². The van der Waals surface area contributed by atoms with Crippen molar-refractivity contribution in [2.75, 3.05) is 22.6 Å². The van der Waals surface area contributed by atoms with Crippen molar-refractivity contribution in [2.45, 2.75) is 73.9 Å². The second kappa shape index (κ2) is 8.36. The van der Waals surface area contributed by atoms with Crippen LogP contribution in [0.2, 0.25) is 5.02 Å². The predicted octanol–water partition coefficient (Wildman–Crippen LogP) is 4.34. The minimum absolute atomic E-state index is 0.0654. The van der Waals surface area contributed by atoms with Crippen LogP contribution in [0.25, 0.3) is 5.57 Å². The van der Waals surface area contributed by atoms with Gasteiger partial charge in [0, 0.05) is 16.8 Å². The summed E-state index contributed by atoms with van der Waals surface area (Å²) in [6.07, 6.45) is 10.1. The number of halogens is 1. The number of anilines is 2. The molecule has 1 saturated carbocycles. The van der Waals surface area contributed by atoms with Gasteiger partial charge < -0.3 is 15.3 Å². The number of hydrogen-bond donors (Lipinski definition) is 2. The van der Waals surface area contributed by atoms with E-state index in [1.807, 2.05) is 12.1 Å². The zero-order valence-electron chi connectivity index (χ0n) is 18.6. The van der Waals surface area contributed by atoms with Crippen LogP contribution < -0.4 is 10.2 Å². The summed E-state index contributed by atoms with van der Waals surface area (Å²) in [7, 11) is -1.10. The van der Waals surface area contributed by atoms with E-state index in [1.54, 1.807) is 0 Å². The molecule has 8 heteroatoms. The van der Waals surface area contributed by atoms with Crippen LogP contribution in [-0.2, 0) is 17.2 Å². The molecule has 3 unspecified atom stereocenters. The average molecular weight is 485 g/mol. The first-order chi connectivity index (χ1) is 16.0. The summed E-state index contributed by atoms with van der Waals surface area (Å²) in [5.74, 6) is 2.06. The Morgan fingerprint density at radius 1 is 1.18 bits per heavy atom. The van der Waals surface area contributed by atoms with E-state index in [-0.39, 0.29) is 18.2 Å². The molecule has 33 heavy (non-hydrogen) atoms. The van der Waals surface area contributed by atoms with Gasteiger partial charge in [0.15, 0.2) is 0 Å². The van der Waals surface area contributed by atoms with Gasteiger partial charge in [-0.3, -0.25) is 4.21 Å². The van der Waals surface area contributed by atoms with Gasteiger partial charge in [0.05, 0.1) is 34.7 Å². The third-order valence-corrected chi connectivity index (χ3v) is 9.53. The zero-order chi connectivity index (χ0) is 22.6. The minimum atomic E-state index is -1.10. The quantitative estimate of drug-likeness (QED) is 0.657. The van der Waals surface area contributed by atoms with Gasteiger partial charge in [-0.25, -0.2) is 4.98 Å². The number of aliphatic hydroxyl groups is 1. The molecule has 2 bridgehead atoms. The molecular weight excluding hydrogens is 456 g/mol. The number of aromatic nitrogens is 2. The summed E-state index contributed by atoms with van der Waals surface area (Å²) in [5.41, 5.74) is 3.16. The number of hydrogen-bond acceptors (Lipinski definition) is 6. The van der Waals surface area contributed by atoms with Crippen LogP contribution in [0.4, 0.5) is 11.8 Å². The van der Waals surface area contributed by atoms with Crippen molar-refractivity contribution in [2.24, 2.45) is 0 Å². The van der Waals surface area contributed by atoms with E-state index in [9.17, 15) is 9.32 Å². The molecule has 1 aliphatic carbocycles. The van der Waals surface area contributed by atoms with E-state index >= 15 is 0 Å². The van der Waals surface area contributed by atoms with E-state index < -0.39 is 10.8 Å². The standard InChI is InChI=1S/C25H29ClN4O2S/c26-18-6-4-16(5-7-18)17-13-19-8-9-20(14-17)30(19)24-27-21-3-1-12-33(32)22(21)23(28-24)29-25(15-31)10-2-11-25/h4-7,13,19-20,31H,1-3,8-12,14-15H2,(H,27,28,29). The molecule has 4 heterocycles. The fraction of sp³-hybridized carbons (Fsp3) is 0.520. The van der Waals surface area contributed by atoms with Crippen molar-refractivity contribution in [1.29, 1.82) is 0 Å². The molecule has 174 valence electrons. The molecule has 4 aliphatic rings. The Bertz CT molecular complexity index is 1130. The van der Waals surface area contributed by atoms with Gasteiger partial charge in [-0.15, -0.1) is 0 Å². The molecule has 1 aromatic carbocycles. The third kappa shape index (κ3) is 3.78. The summed E-state index contributed by atoms with van der Waals surface area (Å²) in [5, 5.41) is 14.3. The molecule has 0 amide bonds. The van der Waals surface area contributed by atoms with Crippen molar-refractivity contribution in [3.05, 3.63) is 46.6 Å². The SMILES string of the molecule is O=S1CCCc2nc(N3C4C=C(c5ccc(Cl)cc5)CC3CC4)nc(NC3(CO)CCC3)c21. The van der Waals surface area contributed by atoms with Crippen LogP contribution >= 0.6 is 11.6 Å². The molecule has 1 aromatic heterocycles. The smallest absolute Gasteiger partial charge is 0.228 e. The van der Waals surface area contributed by atoms with Crippen molar-refractivity contribution >= 4 is 39.7 Å². The highest BCUT2D eigenvalue weighted by Gasteiger charge is 2.41. The molecule has 1 saturated heterocycles. The lowest BCUT2D eigenvalue weighted by Gasteiger charge is -2.42. The molecular formula is C25H29ClN4O2S. The van der Waals surface area contributed by atoms with Crippen molar-refractivity contribution in [3.8, 4) is 0 Å². The first-order valence-corrected chi connectivity index (χ1v) is 13.7. The van der Waals surface area contributed by atoms with Crippen LogP contribution in [0.5, 0.6) is 0 Å². The highest BCUT2D eigenvalue weighted by atomic mass is 35.5. The van der Waals surface area contributed by atoms with Crippen molar-refractivity contribution in [3.63, 3.8) is 0 Å². The summed E-state index contributed by atoms with van der Waals surface area (Å²) in [6, 6.07) is 8.71. The maximum atomic E-state index is 12.9. The molecule has 2 aromatic rings. The Hall–Kier alpha value is -1.96. The van der Waals surface area contributed by atoms with Crippen LogP contribution in [0.3, 0.4) is 0 Å². The Balaban J connectivity index is 1.37. The molecule has 3 aliphatic heterocycles. The van der Waals surface area contributed by atoms with E-state index in [0.717, 1.165) is 72.9 Å². The Morgan fingerprint density at radius 2 is 2.00 bits per heavy atom. The van der Waals surface area contributed by atoms with Gasteiger partial charge in [0.1, 0.15) is 10.7 Å². The number of aryl methyl sites for hydroxylation is 1. The van der Waals surface area contributed by atoms with Gasteiger partial charge in [0.2, 0.25) is 5.95 Å². The lowest BCUT2D eigenvalue weighted by Crippen LogP contribution is -2.49. The Morgan fingerprint density at radius 3 is 2.70 bits per heavy atom. The summed E-state index contributed by atoms with van der Waals surface area (Å²) < 4.78 is 12.9. The van der Waals surface area contributed by atoms with Gasteiger partial charge in [-0.05, 0) is 74.6 Å². The molecule has 2 fully saturated rings. The van der Waals surface area contributed by atoms with Gasteiger partial charge in [-0.1, -0.05) is 29.8 Å². The number of nitrogens with zero attached hydrogens (tertiary/aromatic N) is 3. The summed E-state index contributed by atoms with van der Waals surface area (Å²) in [4.78, 5) is 13.1. The van der Waals surface area contributed by atoms with Crippen LogP contribution in [0.15, 0.2) is 35.2 Å². The molecule has 3 atom stereocenters. The number of nitrogens with one attached hydrogen (secondary N) is 1. The maximum Gasteiger partial charge on any atom is 0.228 e. The average Bonchev–Trinajstić information content (AvgIpc) is 3.06. The first kappa shape index (κ1) is 21.6. The van der Waals surface area contributed by atoms with Gasteiger partial charge in [-0.2, -0.15) is 4.98 Å². The number of benzene rings is 1. The largest absolute Gasteiger partial charge is 0.394 e. The fourth-order valence-electron chi connectivity index (χ4n) is 5.76. The minimum Gasteiger partial charge on any atom is -0.394 e. The van der Waals surface area contributed by atoms with E-state index in [4.69, 9.17) is 21.6 Å². The Kier molecular flexibility index (Phi) is 5.46. The van der Waals surface area contributed by atoms with Crippen LogP contribution in [0, 0.1) is 0 Å². The lowest BCUT2D eigenvalue weighted by atomic mass is 9.77. The Labute approximate surface area is 201 Å². The van der Waals surface area contributed by atoms with Crippen LogP contribution in [-0.4, -0.2) is 49.3 Å². The number of rotatable bonds is 5. The molecule has 6 nitrogen and oxygen atoms in total. The molecule has 2 N–H and O–H groups in total. The highest BCUT2D eigenvalue weighted by molar-refractivity contribution is 7.85. The first-order valence-electron chi connectivity index (χ1n) is 12.0. The maximum absolute atomic E-state index is 12.9. The topological polar surface area (TPSA) is 78.4 Å². The van der Waals surface area contributed by atoms with Crippen molar-refractivity contribution in [1.82, 2.24) is 9.97 Å². The summed E-state index contributed by atoms with van der Waals surface area (Å²) in [6.45, 7) is 0.0654. The van der Waals surface area contributed by atoms with Gasteiger partial charge >= 0.3 is 0 Å². The molecule has 0 radical (unpaired) electrons. The number of fused-ring (bicyclic) bond motifs is 3. The second-order valence-electron chi connectivity index (χ2n) is 9.83. The third-order valence-electron chi connectivity index (χ3n) is 7.73. The predicted molar refractivity (Wildman–Crippen MR) is 132 cm³/mol.